The SMILES string of the molecule is C[C@H]1[C@@H](c2ccccc2)N(C(=O)C(I)Cc2ccccc2)C(=O)N1C. The summed E-state index contributed by atoms with van der Waals surface area (Å²) in [7, 11) is 1.76. The number of urea groups is 1. The van der Waals surface area contributed by atoms with Crippen LogP contribution in [0.4, 0.5) is 4.79 Å². The van der Waals surface area contributed by atoms with Crippen LogP contribution in [0.1, 0.15) is 24.1 Å². The number of amides is 3. The summed E-state index contributed by atoms with van der Waals surface area (Å²) < 4.78 is -0.283. The summed E-state index contributed by atoms with van der Waals surface area (Å²) in [6, 6.07) is 19.2. The highest BCUT2D eigenvalue weighted by Crippen LogP contribution is 2.35. The molecule has 130 valence electrons. The maximum atomic E-state index is 13.1. The van der Waals surface area contributed by atoms with Crippen molar-refractivity contribution in [1.82, 2.24) is 9.80 Å². The monoisotopic (exact) mass is 448 g/mol. The highest BCUT2D eigenvalue weighted by molar-refractivity contribution is 14.1. The molecule has 3 rings (SSSR count). The molecule has 0 N–H and O–H groups in total. The molecular formula is C20H21IN2O2. The van der Waals surface area contributed by atoms with Gasteiger partial charge in [0.25, 0.3) is 0 Å². The van der Waals surface area contributed by atoms with Crippen molar-refractivity contribution in [2.75, 3.05) is 7.05 Å². The Kier molecular flexibility index (Phi) is 5.42. The van der Waals surface area contributed by atoms with E-state index < -0.39 is 0 Å². The quantitative estimate of drug-likeness (QED) is 0.523. The molecule has 2 aromatic carbocycles. The summed E-state index contributed by atoms with van der Waals surface area (Å²) in [4.78, 5) is 28.9. The van der Waals surface area contributed by atoms with Gasteiger partial charge >= 0.3 is 6.03 Å². The number of alkyl halides is 1. The molecule has 0 bridgehead atoms. The molecule has 0 saturated carbocycles. The molecule has 1 unspecified atom stereocenters. The minimum atomic E-state index is -0.283. The van der Waals surface area contributed by atoms with Crippen LogP contribution in [0, 0.1) is 0 Å². The normalized spacial score (nSPS) is 21.5. The first-order valence-corrected chi connectivity index (χ1v) is 9.58. The molecule has 2 aromatic rings. The van der Waals surface area contributed by atoms with Crippen molar-refractivity contribution in [2.45, 2.75) is 29.4 Å². The second-order valence-electron chi connectivity index (χ2n) is 6.36. The summed E-state index contributed by atoms with van der Waals surface area (Å²) >= 11 is 2.15. The molecule has 0 spiro atoms. The van der Waals surface area contributed by atoms with Gasteiger partial charge in [0.2, 0.25) is 5.91 Å². The van der Waals surface area contributed by atoms with Gasteiger partial charge in [-0.3, -0.25) is 9.69 Å². The van der Waals surface area contributed by atoms with Crippen LogP contribution in [0.5, 0.6) is 0 Å². The van der Waals surface area contributed by atoms with Crippen LogP contribution in [0.15, 0.2) is 60.7 Å². The third-order valence-corrected chi connectivity index (χ3v) is 5.73. The van der Waals surface area contributed by atoms with Gasteiger partial charge in [0.1, 0.15) is 0 Å². The Morgan fingerprint density at radius 3 is 2.24 bits per heavy atom. The van der Waals surface area contributed by atoms with E-state index in [2.05, 4.69) is 22.6 Å². The number of imide groups is 1. The molecular weight excluding hydrogens is 427 g/mol. The van der Waals surface area contributed by atoms with E-state index in [0.29, 0.717) is 6.42 Å². The van der Waals surface area contributed by atoms with Gasteiger partial charge in [-0.05, 0) is 24.5 Å². The Hall–Kier alpha value is -1.89. The first-order chi connectivity index (χ1) is 12.0. The number of carbonyl (C=O) groups excluding carboxylic acids is 2. The van der Waals surface area contributed by atoms with Crippen LogP contribution in [0.25, 0.3) is 0 Å². The van der Waals surface area contributed by atoms with Gasteiger partial charge in [0.15, 0.2) is 0 Å². The van der Waals surface area contributed by atoms with Gasteiger partial charge in [0.05, 0.1) is 16.0 Å². The van der Waals surface area contributed by atoms with E-state index in [1.165, 1.54) is 4.90 Å². The fourth-order valence-electron chi connectivity index (χ4n) is 3.26. The van der Waals surface area contributed by atoms with Crippen molar-refractivity contribution in [3.05, 3.63) is 71.8 Å². The van der Waals surface area contributed by atoms with E-state index in [1.54, 1.807) is 11.9 Å². The summed E-state index contributed by atoms with van der Waals surface area (Å²) in [6.45, 7) is 1.99. The van der Waals surface area contributed by atoms with Crippen molar-refractivity contribution in [2.24, 2.45) is 0 Å². The van der Waals surface area contributed by atoms with Crippen molar-refractivity contribution >= 4 is 34.5 Å². The Morgan fingerprint density at radius 2 is 1.64 bits per heavy atom. The van der Waals surface area contributed by atoms with Crippen LogP contribution in [-0.2, 0) is 11.2 Å². The van der Waals surface area contributed by atoms with Gasteiger partial charge in [0, 0.05) is 7.05 Å². The molecule has 0 aromatic heterocycles. The lowest BCUT2D eigenvalue weighted by Crippen LogP contribution is -2.41. The van der Waals surface area contributed by atoms with Crippen LogP contribution < -0.4 is 0 Å². The summed E-state index contributed by atoms with van der Waals surface area (Å²) in [5, 5.41) is 0. The zero-order valence-corrected chi connectivity index (χ0v) is 16.5. The number of rotatable bonds is 4. The third kappa shape index (κ3) is 3.56. The second kappa shape index (κ2) is 7.56. The Balaban J connectivity index is 1.87. The number of carbonyl (C=O) groups is 2. The minimum Gasteiger partial charge on any atom is -0.322 e. The Labute approximate surface area is 162 Å². The number of benzene rings is 2. The Bertz CT molecular complexity index is 751. The van der Waals surface area contributed by atoms with Crippen molar-refractivity contribution in [1.29, 1.82) is 0 Å². The standard InChI is InChI=1S/C20H21IN2O2/c1-14-18(16-11-7-4-8-12-16)23(20(25)22(14)2)19(24)17(21)13-15-9-5-3-6-10-15/h3-12,14,17-18H,13H2,1-2H3/t14-,17?,18-/m0/s1. The van der Waals surface area contributed by atoms with Gasteiger partial charge in [-0.2, -0.15) is 0 Å². The van der Waals surface area contributed by atoms with Crippen LogP contribution in [-0.4, -0.2) is 38.8 Å². The molecule has 1 saturated heterocycles. The predicted molar refractivity (Wildman–Crippen MR) is 107 cm³/mol. The highest BCUT2D eigenvalue weighted by atomic mass is 127. The van der Waals surface area contributed by atoms with E-state index in [0.717, 1.165) is 11.1 Å². The lowest BCUT2D eigenvalue weighted by Gasteiger charge is -2.26. The Morgan fingerprint density at radius 1 is 1.08 bits per heavy atom. The average molecular weight is 448 g/mol. The van der Waals surface area contributed by atoms with E-state index in [9.17, 15) is 9.59 Å². The lowest BCUT2D eigenvalue weighted by molar-refractivity contribution is -0.128. The van der Waals surface area contributed by atoms with Crippen LogP contribution >= 0.6 is 22.6 Å². The van der Waals surface area contributed by atoms with Crippen molar-refractivity contribution in [3.63, 3.8) is 0 Å². The van der Waals surface area contributed by atoms with Crippen LogP contribution in [0.2, 0.25) is 0 Å². The highest BCUT2D eigenvalue weighted by Gasteiger charge is 2.46. The molecule has 5 heteroatoms. The molecule has 3 atom stereocenters. The van der Waals surface area contributed by atoms with E-state index in [-0.39, 0.29) is 27.9 Å². The summed E-state index contributed by atoms with van der Waals surface area (Å²) in [6.07, 6.45) is 0.615. The fraction of sp³-hybridized carbons (Fsp3) is 0.300. The number of hydrogen-bond donors (Lipinski definition) is 0. The van der Waals surface area contributed by atoms with Gasteiger partial charge in [-0.25, -0.2) is 4.79 Å². The molecule has 25 heavy (non-hydrogen) atoms. The van der Waals surface area contributed by atoms with Crippen molar-refractivity contribution in [3.8, 4) is 0 Å². The third-order valence-electron chi connectivity index (χ3n) is 4.76. The number of hydrogen-bond acceptors (Lipinski definition) is 2. The van der Waals surface area contributed by atoms with Crippen LogP contribution in [0.3, 0.4) is 0 Å². The zero-order valence-electron chi connectivity index (χ0n) is 14.3. The van der Waals surface area contributed by atoms with Crippen molar-refractivity contribution < 1.29 is 9.59 Å². The first-order valence-electron chi connectivity index (χ1n) is 8.33. The van der Waals surface area contributed by atoms with E-state index in [4.69, 9.17) is 0 Å². The fourth-order valence-corrected chi connectivity index (χ4v) is 4.07. The number of halogens is 1. The predicted octanol–water partition coefficient (Wildman–Crippen LogP) is 4.06. The lowest BCUT2D eigenvalue weighted by atomic mass is 10.00. The molecule has 4 nitrogen and oxygen atoms in total. The maximum Gasteiger partial charge on any atom is 0.327 e. The van der Waals surface area contributed by atoms with Gasteiger partial charge in [-0.1, -0.05) is 83.3 Å². The zero-order chi connectivity index (χ0) is 18.0. The smallest absolute Gasteiger partial charge is 0.322 e. The minimum absolute atomic E-state index is 0.0563. The molecule has 3 amide bonds. The largest absolute Gasteiger partial charge is 0.327 e. The summed E-state index contributed by atoms with van der Waals surface area (Å²) in [5.41, 5.74) is 2.09. The molecule has 0 radical (unpaired) electrons. The molecule has 1 heterocycles. The first kappa shape index (κ1) is 17.9. The summed E-state index contributed by atoms with van der Waals surface area (Å²) in [5.74, 6) is -0.125. The second-order valence-corrected chi connectivity index (χ2v) is 7.86. The van der Waals surface area contributed by atoms with E-state index in [1.807, 2.05) is 67.6 Å². The van der Waals surface area contributed by atoms with Gasteiger partial charge < -0.3 is 4.90 Å². The molecule has 1 aliphatic heterocycles. The average Bonchev–Trinajstić information content (AvgIpc) is 2.86. The topological polar surface area (TPSA) is 40.6 Å². The molecule has 1 fully saturated rings. The number of likely N-dealkylation sites (N-methyl/N-ethyl adjacent to an activating group) is 1. The maximum absolute atomic E-state index is 13.1. The number of nitrogens with zero attached hydrogens (tertiary/aromatic N) is 2. The molecule has 1 aliphatic rings. The van der Waals surface area contributed by atoms with E-state index >= 15 is 0 Å². The van der Waals surface area contributed by atoms with Gasteiger partial charge in [-0.15, -0.1) is 0 Å². The molecule has 0 aliphatic carbocycles.